The first-order valence-corrected chi connectivity index (χ1v) is 4.27. The minimum Gasteiger partial charge on any atom is -0.0625 e. The molecule has 0 aromatic carbocycles. The van der Waals surface area contributed by atoms with Crippen LogP contribution in [0.4, 0.5) is 0 Å². The van der Waals surface area contributed by atoms with Gasteiger partial charge in [-0.2, -0.15) is 0 Å². The number of fused-ring (bicyclic) bond motifs is 1. The Kier molecular flexibility index (Phi) is 1.12. The molecule has 0 saturated heterocycles. The molecule has 0 aromatic rings. The van der Waals surface area contributed by atoms with Gasteiger partial charge in [0.1, 0.15) is 0 Å². The summed E-state index contributed by atoms with van der Waals surface area (Å²) in [6.07, 6.45) is 4.69. The number of hydrogen-bond acceptors (Lipinski definition) is 0. The SMILES string of the molecule is CC(C)C1CC2C[C@H]2C1. The molecule has 9 heavy (non-hydrogen) atoms. The van der Waals surface area contributed by atoms with E-state index in [9.17, 15) is 0 Å². The summed E-state index contributed by atoms with van der Waals surface area (Å²) in [6, 6.07) is 0. The van der Waals surface area contributed by atoms with Crippen LogP contribution in [0.2, 0.25) is 0 Å². The van der Waals surface area contributed by atoms with Crippen LogP contribution in [0.5, 0.6) is 0 Å². The monoisotopic (exact) mass is 124 g/mol. The van der Waals surface area contributed by atoms with E-state index in [-0.39, 0.29) is 0 Å². The summed E-state index contributed by atoms with van der Waals surface area (Å²) in [6.45, 7) is 4.74. The van der Waals surface area contributed by atoms with Gasteiger partial charge in [0.15, 0.2) is 0 Å². The van der Waals surface area contributed by atoms with Gasteiger partial charge in [0, 0.05) is 0 Å². The average Bonchev–Trinajstić information content (AvgIpc) is 2.40. The quantitative estimate of drug-likeness (QED) is 0.504. The molecular formula is C9H16. The molecular weight excluding hydrogens is 108 g/mol. The van der Waals surface area contributed by atoms with E-state index in [2.05, 4.69) is 13.8 Å². The Labute approximate surface area is 57.6 Å². The molecule has 0 spiro atoms. The van der Waals surface area contributed by atoms with Crippen LogP contribution in [0.25, 0.3) is 0 Å². The van der Waals surface area contributed by atoms with E-state index in [1.807, 2.05) is 0 Å². The van der Waals surface area contributed by atoms with Gasteiger partial charge in [0.2, 0.25) is 0 Å². The van der Waals surface area contributed by atoms with E-state index >= 15 is 0 Å². The lowest BCUT2D eigenvalue weighted by molar-refractivity contribution is 0.362. The van der Waals surface area contributed by atoms with E-state index in [1.165, 1.54) is 11.8 Å². The minimum atomic E-state index is 0.956. The van der Waals surface area contributed by atoms with E-state index in [1.54, 1.807) is 19.3 Å². The van der Waals surface area contributed by atoms with Crippen LogP contribution in [-0.2, 0) is 0 Å². The standard InChI is InChI=1S/C9H16/c1-6(2)7-3-8-5-9(8)4-7/h6-9H,3-5H2,1-2H3/t7?,8-,9?/m1/s1. The predicted octanol–water partition coefficient (Wildman–Crippen LogP) is 2.69. The summed E-state index contributed by atoms with van der Waals surface area (Å²) < 4.78 is 0. The predicted molar refractivity (Wildman–Crippen MR) is 39.2 cm³/mol. The zero-order chi connectivity index (χ0) is 6.43. The molecule has 2 aliphatic rings. The fraction of sp³-hybridized carbons (Fsp3) is 1.00. The maximum atomic E-state index is 2.37. The van der Waals surface area contributed by atoms with Gasteiger partial charge in [-0.3, -0.25) is 0 Å². The smallest absolute Gasteiger partial charge is 0.0380 e. The average molecular weight is 124 g/mol. The van der Waals surface area contributed by atoms with Gasteiger partial charge >= 0.3 is 0 Å². The second-order valence-corrected chi connectivity index (χ2v) is 4.23. The summed E-state index contributed by atoms with van der Waals surface area (Å²) in [7, 11) is 0. The van der Waals surface area contributed by atoms with Crippen LogP contribution in [0, 0.1) is 23.7 Å². The van der Waals surface area contributed by atoms with E-state index in [4.69, 9.17) is 0 Å². The Morgan fingerprint density at radius 1 is 1.00 bits per heavy atom. The fourth-order valence-corrected chi connectivity index (χ4v) is 2.31. The third-order valence-electron chi connectivity index (χ3n) is 3.22. The van der Waals surface area contributed by atoms with Crippen molar-refractivity contribution in [2.75, 3.05) is 0 Å². The summed E-state index contributed by atoms with van der Waals surface area (Å²) in [5.74, 6) is 4.40. The van der Waals surface area contributed by atoms with Gasteiger partial charge in [0.05, 0.1) is 0 Å². The summed E-state index contributed by atoms with van der Waals surface area (Å²) in [5.41, 5.74) is 0. The zero-order valence-corrected chi connectivity index (χ0v) is 6.43. The van der Waals surface area contributed by atoms with Gasteiger partial charge in [0.25, 0.3) is 0 Å². The van der Waals surface area contributed by atoms with Crippen molar-refractivity contribution >= 4 is 0 Å². The molecule has 0 heteroatoms. The summed E-state index contributed by atoms with van der Waals surface area (Å²) >= 11 is 0. The van der Waals surface area contributed by atoms with Crippen molar-refractivity contribution < 1.29 is 0 Å². The largest absolute Gasteiger partial charge is 0.0625 e. The minimum absolute atomic E-state index is 0.956. The highest BCUT2D eigenvalue weighted by Gasteiger charge is 2.46. The van der Waals surface area contributed by atoms with Gasteiger partial charge in [-0.1, -0.05) is 13.8 Å². The second kappa shape index (κ2) is 1.74. The van der Waals surface area contributed by atoms with Gasteiger partial charge in [-0.05, 0) is 42.9 Å². The highest BCUT2D eigenvalue weighted by molar-refractivity contribution is 4.96. The third kappa shape index (κ3) is 0.889. The van der Waals surface area contributed by atoms with Crippen molar-refractivity contribution in [2.45, 2.75) is 33.1 Å². The van der Waals surface area contributed by atoms with Crippen LogP contribution in [0.3, 0.4) is 0 Å². The van der Waals surface area contributed by atoms with Crippen LogP contribution in [-0.4, -0.2) is 0 Å². The highest BCUT2D eigenvalue weighted by atomic mass is 14.5. The molecule has 2 saturated carbocycles. The first-order chi connectivity index (χ1) is 4.27. The van der Waals surface area contributed by atoms with Crippen molar-refractivity contribution in [1.82, 2.24) is 0 Å². The van der Waals surface area contributed by atoms with Crippen LogP contribution in [0.1, 0.15) is 33.1 Å². The molecule has 0 heterocycles. The molecule has 0 nitrogen and oxygen atoms in total. The Hall–Kier alpha value is 0. The van der Waals surface area contributed by atoms with Crippen LogP contribution < -0.4 is 0 Å². The lowest BCUT2D eigenvalue weighted by Crippen LogP contribution is -2.04. The Morgan fingerprint density at radius 3 is 1.89 bits per heavy atom. The topological polar surface area (TPSA) is 0 Å². The van der Waals surface area contributed by atoms with Gasteiger partial charge in [-0.15, -0.1) is 0 Å². The van der Waals surface area contributed by atoms with Crippen molar-refractivity contribution in [1.29, 1.82) is 0 Å². The molecule has 0 aliphatic heterocycles. The maximum Gasteiger partial charge on any atom is -0.0380 e. The van der Waals surface area contributed by atoms with Crippen molar-refractivity contribution in [3.05, 3.63) is 0 Å². The molecule has 0 bridgehead atoms. The van der Waals surface area contributed by atoms with Crippen molar-refractivity contribution in [2.24, 2.45) is 23.7 Å². The van der Waals surface area contributed by atoms with Gasteiger partial charge < -0.3 is 0 Å². The van der Waals surface area contributed by atoms with Crippen LogP contribution in [0.15, 0.2) is 0 Å². The van der Waals surface area contributed by atoms with Crippen molar-refractivity contribution in [3.8, 4) is 0 Å². The van der Waals surface area contributed by atoms with E-state index in [0.29, 0.717) is 0 Å². The number of hydrogen-bond donors (Lipinski definition) is 0. The second-order valence-electron chi connectivity index (χ2n) is 4.23. The Balaban J connectivity index is 1.90. The lowest BCUT2D eigenvalue weighted by atomic mass is 9.91. The molecule has 3 atom stereocenters. The zero-order valence-electron chi connectivity index (χ0n) is 6.43. The maximum absolute atomic E-state index is 2.37. The molecule has 0 N–H and O–H groups in total. The molecule has 0 amide bonds. The van der Waals surface area contributed by atoms with Crippen LogP contribution >= 0.6 is 0 Å². The van der Waals surface area contributed by atoms with Crippen molar-refractivity contribution in [3.63, 3.8) is 0 Å². The van der Waals surface area contributed by atoms with E-state index < -0.39 is 0 Å². The normalized spacial score (nSPS) is 47.7. The molecule has 2 rings (SSSR count). The number of rotatable bonds is 1. The first-order valence-electron chi connectivity index (χ1n) is 4.27. The molecule has 0 aromatic heterocycles. The molecule has 52 valence electrons. The lowest BCUT2D eigenvalue weighted by Gasteiger charge is -2.14. The summed E-state index contributed by atoms with van der Waals surface area (Å²) in [4.78, 5) is 0. The third-order valence-corrected chi connectivity index (χ3v) is 3.22. The van der Waals surface area contributed by atoms with E-state index in [0.717, 1.165) is 11.8 Å². The Morgan fingerprint density at radius 2 is 1.56 bits per heavy atom. The molecule has 0 radical (unpaired) electrons. The first kappa shape index (κ1) is 5.76. The highest BCUT2D eigenvalue weighted by Crippen LogP contribution is 2.55. The fourth-order valence-electron chi connectivity index (χ4n) is 2.31. The van der Waals surface area contributed by atoms with Gasteiger partial charge in [-0.25, -0.2) is 0 Å². The summed E-state index contributed by atoms with van der Waals surface area (Å²) in [5, 5.41) is 0. The molecule has 2 aliphatic carbocycles. The Bertz CT molecular complexity index is 105. The molecule has 2 fully saturated rings. The molecule has 2 unspecified atom stereocenters.